The van der Waals surface area contributed by atoms with Crippen LogP contribution in [0.2, 0.25) is 0 Å². The molecule has 3 aromatic rings. The third kappa shape index (κ3) is 5.63. The molecule has 132 valence electrons. The molecule has 0 atom stereocenters. The van der Waals surface area contributed by atoms with Crippen LogP contribution in [0.3, 0.4) is 0 Å². The number of anilines is 2. The monoisotopic (exact) mass is 410 g/mol. The van der Waals surface area contributed by atoms with Gasteiger partial charge in [-0.3, -0.25) is 4.79 Å². The molecule has 0 aromatic heterocycles. The smallest absolute Gasteiger partial charge is 0.243 e. The SMILES string of the molecule is O=C(CNc1ccc(Br)cc1)Nc1ccc(OCc2ccccc2)cc1. The molecule has 0 unspecified atom stereocenters. The van der Waals surface area contributed by atoms with Crippen molar-refractivity contribution in [2.75, 3.05) is 17.2 Å². The molecule has 0 saturated carbocycles. The number of amides is 1. The first-order chi connectivity index (χ1) is 12.7. The van der Waals surface area contributed by atoms with E-state index >= 15 is 0 Å². The lowest BCUT2D eigenvalue weighted by Crippen LogP contribution is -2.21. The van der Waals surface area contributed by atoms with E-state index in [2.05, 4.69) is 26.6 Å². The molecule has 0 bridgehead atoms. The highest BCUT2D eigenvalue weighted by Crippen LogP contribution is 2.17. The van der Waals surface area contributed by atoms with Crippen LogP contribution in [-0.4, -0.2) is 12.5 Å². The third-order valence-electron chi connectivity index (χ3n) is 3.68. The Bertz CT molecular complexity index is 834. The van der Waals surface area contributed by atoms with Gasteiger partial charge in [0.2, 0.25) is 5.91 Å². The third-order valence-corrected chi connectivity index (χ3v) is 4.21. The molecule has 1 amide bonds. The number of rotatable bonds is 7. The molecule has 3 rings (SSSR count). The minimum atomic E-state index is -0.106. The molecule has 3 aromatic carbocycles. The van der Waals surface area contributed by atoms with Gasteiger partial charge in [0.15, 0.2) is 0 Å². The number of carbonyl (C=O) groups is 1. The van der Waals surface area contributed by atoms with E-state index in [4.69, 9.17) is 4.74 Å². The molecule has 0 spiro atoms. The van der Waals surface area contributed by atoms with Crippen LogP contribution in [0.5, 0.6) is 5.75 Å². The maximum atomic E-state index is 12.0. The second-order valence-corrected chi connectivity index (χ2v) is 6.62. The van der Waals surface area contributed by atoms with Crippen molar-refractivity contribution in [3.8, 4) is 5.75 Å². The van der Waals surface area contributed by atoms with Gasteiger partial charge in [-0.05, 0) is 54.1 Å². The van der Waals surface area contributed by atoms with Crippen LogP contribution in [-0.2, 0) is 11.4 Å². The first-order valence-corrected chi connectivity index (χ1v) is 9.04. The lowest BCUT2D eigenvalue weighted by Gasteiger charge is -2.09. The highest BCUT2D eigenvalue weighted by Gasteiger charge is 2.03. The first kappa shape index (κ1) is 18.0. The standard InChI is InChI=1S/C21H19BrN2O2/c22-17-6-8-18(9-7-17)23-14-21(25)24-19-10-12-20(13-11-19)26-15-16-4-2-1-3-5-16/h1-13,23H,14-15H2,(H,24,25). The first-order valence-electron chi connectivity index (χ1n) is 8.25. The summed E-state index contributed by atoms with van der Waals surface area (Å²) in [5.74, 6) is 0.658. The molecule has 0 radical (unpaired) electrons. The average Bonchev–Trinajstić information content (AvgIpc) is 2.68. The predicted octanol–water partition coefficient (Wildman–Crippen LogP) is 5.08. The Morgan fingerprint density at radius 1 is 0.846 bits per heavy atom. The Balaban J connectivity index is 1.45. The normalized spacial score (nSPS) is 10.2. The van der Waals surface area contributed by atoms with E-state index in [-0.39, 0.29) is 12.5 Å². The van der Waals surface area contributed by atoms with E-state index in [1.807, 2.05) is 78.9 Å². The van der Waals surface area contributed by atoms with Crippen LogP contribution in [0, 0.1) is 0 Å². The number of hydrogen-bond donors (Lipinski definition) is 2. The van der Waals surface area contributed by atoms with E-state index in [0.717, 1.165) is 27.2 Å². The minimum absolute atomic E-state index is 0.106. The number of nitrogens with one attached hydrogen (secondary N) is 2. The van der Waals surface area contributed by atoms with Gasteiger partial charge in [0.25, 0.3) is 0 Å². The summed E-state index contributed by atoms with van der Waals surface area (Å²) in [7, 11) is 0. The van der Waals surface area contributed by atoms with E-state index in [9.17, 15) is 4.79 Å². The number of ether oxygens (including phenoxy) is 1. The largest absolute Gasteiger partial charge is 0.489 e. The number of carbonyl (C=O) groups excluding carboxylic acids is 1. The van der Waals surface area contributed by atoms with Crippen molar-refractivity contribution in [1.29, 1.82) is 0 Å². The fourth-order valence-corrected chi connectivity index (χ4v) is 2.59. The van der Waals surface area contributed by atoms with Gasteiger partial charge in [-0.1, -0.05) is 46.3 Å². The molecule has 0 aliphatic heterocycles. The van der Waals surface area contributed by atoms with Crippen LogP contribution in [0.25, 0.3) is 0 Å². The molecule has 26 heavy (non-hydrogen) atoms. The molecule has 0 aliphatic carbocycles. The van der Waals surface area contributed by atoms with Gasteiger partial charge in [-0.15, -0.1) is 0 Å². The van der Waals surface area contributed by atoms with Gasteiger partial charge in [-0.25, -0.2) is 0 Å². The molecule has 4 nitrogen and oxygen atoms in total. The summed E-state index contributed by atoms with van der Waals surface area (Å²) in [6.45, 7) is 0.720. The molecular weight excluding hydrogens is 392 g/mol. The van der Waals surface area contributed by atoms with Crippen molar-refractivity contribution in [3.63, 3.8) is 0 Å². The van der Waals surface area contributed by atoms with Gasteiger partial charge in [0.1, 0.15) is 12.4 Å². The Morgan fingerprint density at radius 2 is 1.50 bits per heavy atom. The molecule has 0 saturated heterocycles. The van der Waals surface area contributed by atoms with Crippen LogP contribution in [0.4, 0.5) is 11.4 Å². The van der Waals surface area contributed by atoms with Crippen molar-refractivity contribution in [1.82, 2.24) is 0 Å². The summed E-state index contributed by atoms with van der Waals surface area (Å²) in [6.07, 6.45) is 0. The molecular formula is C21H19BrN2O2. The van der Waals surface area contributed by atoms with E-state index in [1.165, 1.54) is 0 Å². The van der Waals surface area contributed by atoms with Crippen molar-refractivity contribution in [3.05, 3.63) is 88.9 Å². The fourth-order valence-electron chi connectivity index (χ4n) is 2.33. The van der Waals surface area contributed by atoms with Crippen LogP contribution in [0.1, 0.15) is 5.56 Å². The summed E-state index contributed by atoms with van der Waals surface area (Å²) in [6, 6.07) is 25.0. The topological polar surface area (TPSA) is 50.4 Å². The molecule has 2 N–H and O–H groups in total. The van der Waals surface area contributed by atoms with Gasteiger partial charge >= 0.3 is 0 Å². The van der Waals surface area contributed by atoms with Crippen molar-refractivity contribution < 1.29 is 9.53 Å². The zero-order chi connectivity index (χ0) is 18.2. The number of halogens is 1. The summed E-state index contributed by atoms with van der Waals surface area (Å²) in [4.78, 5) is 12.0. The average molecular weight is 411 g/mol. The maximum absolute atomic E-state index is 12.0. The molecule has 0 aliphatic rings. The van der Waals surface area contributed by atoms with Gasteiger partial charge in [-0.2, -0.15) is 0 Å². The predicted molar refractivity (Wildman–Crippen MR) is 108 cm³/mol. The van der Waals surface area contributed by atoms with Crippen molar-refractivity contribution >= 4 is 33.2 Å². The van der Waals surface area contributed by atoms with E-state index in [1.54, 1.807) is 0 Å². The Hall–Kier alpha value is -2.79. The van der Waals surface area contributed by atoms with E-state index in [0.29, 0.717) is 6.61 Å². The Labute approximate surface area is 161 Å². The summed E-state index contributed by atoms with van der Waals surface area (Å²) in [5.41, 5.74) is 2.75. The molecule has 5 heteroatoms. The lowest BCUT2D eigenvalue weighted by atomic mass is 10.2. The van der Waals surface area contributed by atoms with Gasteiger partial charge < -0.3 is 15.4 Å². The van der Waals surface area contributed by atoms with Crippen LogP contribution in [0.15, 0.2) is 83.3 Å². The van der Waals surface area contributed by atoms with Gasteiger partial charge in [0.05, 0.1) is 6.54 Å². The second kappa shape index (κ2) is 9.06. The Kier molecular flexibility index (Phi) is 6.28. The summed E-state index contributed by atoms with van der Waals surface area (Å²) in [5, 5.41) is 5.94. The molecule has 0 heterocycles. The van der Waals surface area contributed by atoms with E-state index < -0.39 is 0 Å². The zero-order valence-corrected chi connectivity index (χ0v) is 15.7. The van der Waals surface area contributed by atoms with Crippen LogP contribution < -0.4 is 15.4 Å². The fraction of sp³-hybridized carbons (Fsp3) is 0.0952. The summed E-state index contributed by atoms with van der Waals surface area (Å²) < 4.78 is 6.74. The summed E-state index contributed by atoms with van der Waals surface area (Å²) >= 11 is 3.38. The second-order valence-electron chi connectivity index (χ2n) is 5.71. The van der Waals surface area contributed by atoms with Crippen LogP contribution >= 0.6 is 15.9 Å². The highest BCUT2D eigenvalue weighted by molar-refractivity contribution is 9.10. The Morgan fingerprint density at radius 3 is 2.19 bits per heavy atom. The van der Waals surface area contributed by atoms with Crippen molar-refractivity contribution in [2.24, 2.45) is 0 Å². The number of benzene rings is 3. The highest BCUT2D eigenvalue weighted by atomic mass is 79.9. The zero-order valence-electron chi connectivity index (χ0n) is 14.1. The minimum Gasteiger partial charge on any atom is -0.489 e. The van der Waals surface area contributed by atoms with Crippen molar-refractivity contribution in [2.45, 2.75) is 6.61 Å². The molecule has 0 fully saturated rings. The lowest BCUT2D eigenvalue weighted by molar-refractivity contribution is -0.114. The number of hydrogen-bond acceptors (Lipinski definition) is 3. The van der Waals surface area contributed by atoms with Gasteiger partial charge in [0, 0.05) is 15.8 Å². The quantitative estimate of drug-likeness (QED) is 0.570. The maximum Gasteiger partial charge on any atom is 0.243 e.